The molecule has 10 heteroatoms. The molecule has 36 heavy (non-hydrogen) atoms. The Hall–Kier alpha value is -1.65. The standard InChI is InChI=1S/C26H36NO8P/c1-29-22-23(30-2)25(32-4)35-26(24(22)31-3)16-11-17-27(26)36(28,33-18-20-12-7-5-8-13-20)34-19-21-14-9-6-10-15-21/h5-10,12-15,22-25H,11,16-19H2,1-4H3/t22-,23-,24+,25-,26-/m1/s1. The molecule has 2 saturated heterocycles. The smallest absolute Gasteiger partial charge is 0.376 e. The first-order valence-corrected chi connectivity index (χ1v) is 13.5. The molecule has 2 aromatic carbocycles. The molecule has 0 bridgehead atoms. The van der Waals surface area contributed by atoms with Crippen LogP contribution >= 0.6 is 7.75 Å². The molecule has 5 atom stereocenters. The molecule has 0 amide bonds. The second-order valence-electron chi connectivity index (χ2n) is 8.84. The Morgan fingerprint density at radius 1 is 0.833 bits per heavy atom. The van der Waals surface area contributed by atoms with Gasteiger partial charge in [0.05, 0.1) is 13.2 Å². The summed E-state index contributed by atoms with van der Waals surface area (Å²) >= 11 is 0. The number of rotatable bonds is 11. The van der Waals surface area contributed by atoms with Gasteiger partial charge in [0.25, 0.3) is 0 Å². The van der Waals surface area contributed by atoms with Gasteiger partial charge in [-0.05, 0) is 24.0 Å². The van der Waals surface area contributed by atoms with E-state index in [1.807, 2.05) is 60.7 Å². The third kappa shape index (κ3) is 5.45. The van der Waals surface area contributed by atoms with E-state index in [1.165, 1.54) is 0 Å². The van der Waals surface area contributed by atoms with Crippen molar-refractivity contribution in [2.24, 2.45) is 0 Å². The summed E-state index contributed by atoms with van der Waals surface area (Å²) in [6.45, 7) is 0.643. The molecule has 0 N–H and O–H groups in total. The largest absolute Gasteiger partial charge is 0.411 e. The molecule has 4 rings (SSSR count). The number of nitrogens with zero attached hydrogens (tertiary/aromatic N) is 1. The van der Waals surface area contributed by atoms with Crippen LogP contribution in [0.25, 0.3) is 0 Å². The van der Waals surface area contributed by atoms with Gasteiger partial charge in [-0.2, -0.15) is 4.67 Å². The van der Waals surface area contributed by atoms with Gasteiger partial charge in [-0.3, -0.25) is 9.05 Å². The van der Waals surface area contributed by atoms with Crippen LogP contribution in [0.3, 0.4) is 0 Å². The molecule has 0 saturated carbocycles. The number of methoxy groups -OCH3 is 4. The molecule has 0 aliphatic carbocycles. The van der Waals surface area contributed by atoms with Gasteiger partial charge < -0.3 is 23.7 Å². The lowest BCUT2D eigenvalue weighted by Crippen LogP contribution is -2.69. The van der Waals surface area contributed by atoms with E-state index in [9.17, 15) is 4.57 Å². The maximum atomic E-state index is 14.7. The summed E-state index contributed by atoms with van der Waals surface area (Å²) in [5, 5.41) is 0. The average Bonchev–Trinajstić information content (AvgIpc) is 3.35. The molecular weight excluding hydrogens is 485 g/mol. The van der Waals surface area contributed by atoms with Crippen LogP contribution in [0.1, 0.15) is 24.0 Å². The van der Waals surface area contributed by atoms with Crippen molar-refractivity contribution in [2.45, 2.75) is 56.4 Å². The zero-order chi connectivity index (χ0) is 25.6. The Bertz CT molecular complexity index is 948. The van der Waals surface area contributed by atoms with Gasteiger partial charge >= 0.3 is 7.75 Å². The first-order chi connectivity index (χ1) is 17.5. The van der Waals surface area contributed by atoms with Crippen LogP contribution in [-0.4, -0.2) is 70.0 Å². The molecule has 2 aliphatic rings. The van der Waals surface area contributed by atoms with Crippen molar-refractivity contribution in [2.75, 3.05) is 35.0 Å². The zero-order valence-electron chi connectivity index (χ0n) is 21.3. The van der Waals surface area contributed by atoms with Crippen molar-refractivity contribution in [3.05, 3.63) is 71.8 Å². The highest BCUT2D eigenvalue weighted by Crippen LogP contribution is 2.62. The minimum atomic E-state index is -3.91. The number of hydrogen-bond donors (Lipinski definition) is 0. The van der Waals surface area contributed by atoms with Crippen LogP contribution in [0.2, 0.25) is 0 Å². The van der Waals surface area contributed by atoms with E-state index < -0.39 is 38.1 Å². The Morgan fingerprint density at radius 3 is 1.86 bits per heavy atom. The van der Waals surface area contributed by atoms with Crippen molar-refractivity contribution in [3.63, 3.8) is 0 Å². The summed E-state index contributed by atoms with van der Waals surface area (Å²) in [4.78, 5) is 0. The summed E-state index contributed by atoms with van der Waals surface area (Å²) in [6.07, 6.45) is -1.30. The normalized spacial score (nSPS) is 29.1. The molecule has 0 unspecified atom stereocenters. The van der Waals surface area contributed by atoms with Gasteiger partial charge in [0, 0.05) is 35.0 Å². The highest BCUT2D eigenvalue weighted by molar-refractivity contribution is 7.51. The molecule has 2 heterocycles. The molecule has 2 aromatic rings. The quantitative estimate of drug-likeness (QED) is 0.400. The van der Waals surface area contributed by atoms with Crippen molar-refractivity contribution < 1.29 is 37.3 Å². The van der Waals surface area contributed by atoms with Gasteiger partial charge in [-0.1, -0.05) is 60.7 Å². The van der Waals surface area contributed by atoms with Gasteiger partial charge in [-0.15, -0.1) is 0 Å². The summed E-state index contributed by atoms with van der Waals surface area (Å²) in [5.74, 6) is 0. The molecule has 198 valence electrons. The van der Waals surface area contributed by atoms with E-state index in [-0.39, 0.29) is 13.2 Å². The van der Waals surface area contributed by atoms with E-state index in [2.05, 4.69) is 0 Å². The van der Waals surface area contributed by atoms with Crippen LogP contribution in [0.15, 0.2) is 60.7 Å². The maximum Gasteiger partial charge on any atom is 0.411 e. The average molecular weight is 522 g/mol. The molecule has 2 aliphatic heterocycles. The number of hydrogen-bond acceptors (Lipinski definition) is 8. The van der Waals surface area contributed by atoms with Gasteiger partial charge in [0.2, 0.25) is 0 Å². The maximum absolute atomic E-state index is 14.7. The topological polar surface area (TPSA) is 84.9 Å². The molecule has 2 fully saturated rings. The van der Waals surface area contributed by atoms with Gasteiger partial charge in [0.15, 0.2) is 12.0 Å². The Kier molecular flexibility index (Phi) is 9.33. The predicted octanol–water partition coefficient (Wildman–Crippen LogP) is 4.37. The van der Waals surface area contributed by atoms with E-state index in [1.54, 1.807) is 33.1 Å². The second kappa shape index (κ2) is 12.3. The molecule has 0 aromatic heterocycles. The lowest BCUT2D eigenvalue weighted by molar-refractivity contribution is -0.357. The third-order valence-electron chi connectivity index (χ3n) is 6.80. The highest BCUT2D eigenvalue weighted by atomic mass is 31.2. The third-order valence-corrected chi connectivity index (χ3v) is 8.84. The Labute approximate surface area is 213 Å². The highest BCUT2D eigenvalue weighted by Gasteiger charge is 2.64. The minimum absolute atomic E-state index is 0.110. The molecule has 1 spiro atoms. The number of benzene rings is 2. The van der Waals surface area contributed by atoms with Gasteiger partial charge in [-0.25, -0.2) is 4.57 Å². The van der Waals surface area contributed by atoms with E-state index in [0.29, 0.717) is 19.4 Å². The fourth-order valence-electron chi connectivity index (χ4n) is 5.10. The number of ether oxygens (including phenoxy) is 5. The Balaban J connectivity index is 1.69. The molecular formula is C26H36NO8P. The predicted molar refractivity (Wildman–Crippen MR) is 133 cm³/mol. The summed E-state index contributed by atoms with van der Waals surface area (Å²) < 4.78 is 58.3. The summed E-state index contributed by atoms with van der Waals surface area (Å²) in [5.41, 5.74) is 0.589. The molecule has 0 radical (unpaired) electrons. The van der Waals surface area contributed by atoms with Crippen molar-refractivity contribution in [3.8, 4) is 0 Å². The zero-order valence-corrected chi connectivity index (χ0v) is 22.2. The van der Waals surface area contributed by atoms with Gasteiger partial charge in [0.1, 0.15) is 18.3 Å². The summed E-state index contributed by atoms with van der Waals surface area (Å²) in [6, 6.07) is 19.2. The van der Waals surface area contributed by atoms with Crippen LogP contribution < -0.4 is 0 Å². The lowest BCUT2D eigenvalue weighted by Gasteiger charge is -2.53. The summed E-state index contributed by atoms with van der Waals surface area (Å²) in [7, 11) is 2.37. The van der Waals surface area contributed by atoms with Crippen LogP contribution in [0.4, 0.5) is 0 Å². The van der Waals surface area contributed by atoms with E-state index in [0.717, 1.165) is 11.1 Å². The SMILES string of the molecule is CO[C@@H]1O[C@]2(CCCN2P(=O)(OCc2ccccc2)OCc2ccccc2)[C@@H](OC)[C@H](OC)[C@H]1OC. The first kappa shape index (κ1) is 27.4. The second-order valence-corrected chi connectivity index (χ2v) is 10.8. The molecule has 9 nitrogen and oxygen atoms in total. The Morgan fingerprint density at radius 2 is 1.39 bits per heavy atom. The fourth-order valence-corrected chi connectivity index (χ4v) is 7.14. The van der Waals surface area contributed by atoms with E-state index >= 15 is 0 Å². The van der Waals surface area contributed by atoms with Crippen LogP contribution in [0, 0.1) is 0 Å². The van der Waals surface area contributed by atoms with Crippen molar-refractivity contribution >= 4 is 7.75 Å². The van der Waals surface area contributed by atoms with Crippen LogP contribution in [0.5, 0.6) is 0 Å². The van der Waals surface area contributed by atoms with Crippen LogP contribution in [-0.2, 0) is 50.5 Å². The fraction of sp³-hybridized carbons (Fsp3) is 0.538. The van der Waals surface area contributed by atoms with E-state index in [4.69, 9.17) is 32.7 Å². The first-order valence-electron chi connectivity index (χ1n) is 12.1. The monoisotopic (exact) mass is 521 g/mol. The minimum Gasteiger partial charge on any atom is -0.376 e. The lowest BCUT2D eigenvalue weighted by atomic mass is 9.91. The van der Waals surface area contributed by atoms with Crippen molar-refractivity contribution in [1.82, 2.24) is 4.67 Å². The van der Waals surface area contributed by atoms with Crippen molar-refractivity contribution in [1.29, 1.82) is 0 Å².